The fourth-order valence-electron chi connectivity index (χ4n) is 3.62. The zero-order chi connectivity index (χ0) is 19.7. The summed E-state index contributed by atoms with van der Waals surface area (Å²) in [6.45, 7) is 3.34. The molecule has 0 spiro atoms. The van der Waals surface area contributed by atoms with E-state index < -0.39 is 6.43 Å². The number of benzene rings is 1. The minimum Gasteiger partial charge on any atom is -0.339 e. The Morgan fingerprint density at radius 1 is 1.11 bits per heavy atom. The molecule has 0 N–H and O–H groups in total. The fraction of sp³-hybridized carbons (Fsp3) is 0.500. The van der Waals surface area contributed by atoms with Crippen LogP contribution in [0.25, 0.3) is 0 Å². The van der Waals surface area contributed by atoms with Crippen LogP contribution in [-0.4, -0.2) is 51.7 Å². The average Bonchev–Trinajstić information content (AvgIpc) is 3.44. The smallest absolute Gasteiger partial charge is 0.282 e. The molecule has 28 heavy (non-hydrogen) atoms. The Bertz CT molecular complexity index is 824. The second-order valence-electron chi connectivity index (χ2n) is 7.51. The molecule has 1 saturated heterocycles. The number of hydrogen-bond donors (Lipinski definition) is 0. The van der Waals surface area contributed by atoms with Gasteiger partial charge < -0.3 is 4.90 Å². The maximum atomic E-state index is 13.0. The van der Waals surface area contributed by atoms with Crippen molar-refractivity contribution < 1.29 is 18.0 Å². The lowest BCUT2D eigenvalue weighted by atomic mass is 10.2. The van der Waals surface area contributed by atoms with Gasteiger partial charge in [-0.1, -0.05) is 12.1 Å². The normalized spacial score (nSPS) is 18.1. The molecule has 1 saturated carbocycles. The summed E-state index contributed by atoms with van der Waals surface area (Å²) < 4.78 is 40.4. The van der Waals surface area contributed by atoms with Crippen molar-refractivity contribution >= 4 is 5.91 Å². The van der Waals surface area contributed by atoms with Crippen molar-refractivity contribution in [3.63, 3.8) is 0 Å². The number of rotatable bonds is 6. The molecule has 150 valence electrons. The maximum absolute atomic E-state index is 13.0. The highest BCUT2D eigenvalue weighted by Gasteiger charge is 2.31. The predicted octanol–water partition coefficient (Wildman–Crippen LogP) is 3.18. The van der Waals surface area contributed by atoms with Gasteiger partial charge in [0.1, 0.15) is 18.1 Å². The van der Waals surface area contributed by atoms with E-state index in [9.17, 15) is 18.0 Å². The van der Waals surface area contributed by atoms with E-state index in [0.717, 1.165) is 37.2 Å². The third-order valence-corrected chi connectivity index (χ3v) is 5.38. The second-order valence-corrected chi connectivity index (χ2v) is 7.51. The molecule has 2 aliphatic rings. The van der Waals surface area contributed by atoms with Crippen molar-refractivity contribution in [2.75, 3.05) is 26.2 Å². The van der Waals surface area contributed by atoms with Gasteiger partial charge in [0.2, 0.25) is 5.91 Å². The second kappa shape index (κ2) is 7.95. The first kappa shape index (κ1) is 19.0. The van der Waals surface area contributed by atoms with Crippen molar-refractivity contribution in [1.29, 1.82) is 0 Å². The first-order valence-electron chi connectivity index (χ1n) is 9.60. The number of halogens is 3. The molecule has 2 fully saturated rings. The molecule has 2 aromatic rings. The van der Waals surface area contributed by atoms with E-state index in [2.05, 4.69) is 10.00 Å². The lowest BCUT2D eigenvalue weighted by molar-refractivity contribution is -0.133. The van der Waals surface area contributed by atoms with Gasteiger partial charge in [-0.25, -0.2) is 13.2 Å². The molecule has 0 atom stereocenters. The number of hydrogen-bond acceptors (Lipinski definition) is 3. The summed E-state index contributed by atoms with van der Waals surface area (Å²) in [6.07, 6.45) is -0.696. The standard InChI is InChI=1S/C20H23F3N4O/c21-16-5-1-14(2-6-16)12-25-7-9-26(10-8-25)19(28)13-27-18(15-3-4-15)11-17(24-27)20(22)23/h1-2,5-6,11,15,20H,3-4,7-10,12-13H2. The highest BCUT2D eigenvalue weighted by molar-refractivity contribution is 5.76. The van der Waals surface area contributed by atoms with Gasteiger partial charge in [0.25, 0.3) is 6.43 Å². The van der Waals surface area contributed by atoms with E-state index in [0.29, 0.717) is 19.6 Å². The van der Waals surface area contributed by atoms with Crippen LogP contribution in [0.3, 0.4) is 0 Å². The number of alkyl halides is 2. The van der Waals surface area contributed by atoms with Crippen LogP contribution in [0.5, 0.6) is 0 Å². The monoisotopic (exact) mass is 392 g/mol. The van der Waals surface area contributed by atoms with Crippen LogP contribution in [-0.2, 0) is 17.9 Å². The summed E-state index contributed by atoms with van der Waals surface area (Å²) in [7, 11) is 0. The number of aromatic nitrogens is 2. The van der Waals surface area contributed by atoms with Crippen molar-refractivity contribution in [3.05, 3.63) is 53.1 Å². The number of piperazine rings is 1. The summed E-state index contributed by atoms with van der Waals surface area (Å²) in [4.78, 5) is 16.6. The van der Waals surface area contributed by atoms with Gasteiger partial charge in [-0.2, -0.15) is 5.10 Å². The van der Waals surface area contributed by atoms with Crippen LogP contribution in [0, 0.1) is 5.82 Å². The van der Waals surface area contributed by atoms with Crippen molar-refractivity contribution in [3.8, 4) is 0 Å². The summed E-state index contributed by atoms with van der Waals surface area (Å²) >= 11 is 0. The molecular formula is C20H23F3N4O. The Morgan fingerprint density at radius 3 is 2.39 bits per heavy atom. The summed E-state index contributed by atoms with van der Waals surface area (Å²) in [5.41, 5.74) is 1.53. The van der Waals surface area contributed by atoms with Crippen LogP contribution in [0.4, 0.5) is 13.2 Å². The minimum absolute atomic E-state index is 0.0104. The van der Waals surface area contributed by atoms with E-state index in [1.54, 1.807) is 17.0 Å². The Labute approximate surface area is 161 Å². The van der Waals surface area contributed by atoms with Crippen molar-refractivity contribution in [2.24, 2.45) is 0 Å². The first-order valence-corrected chi connectivity index (χ1v) is 9.60. The van der Waals surface area contributed by atoms with Gasteiger partial charge in [-0.3, -0.25) is 14.4 Å². The number of nitrogens with zero attached hydrogens (tertiary/aromatic N) is 4. The Balaban J connectivity index is 1.32. The van der Waals surface area contributed by atoms with E-state index >= 15 is 0 Å². The van der Waals surface area contributed by atoms with E-state index in [1.807, 2.05) is 0 Å². The van der Waals surface area contributed by atoms with Crippen molar-refractivity contribution in [2.45, 2.75) is 38.3 Å². The molecule has 1 aliphatic carbocycles. The van der Waals surface area contributed by atoms with E-state index in [1.165, 1.54) is 22.9 Å². The molecule has 8 heteroatoms. The Morgan fingerprint density at radius 2 is 1.79 bits per heavy atom. The quantitative estimate of drug-likeness (QED) is 0.758. The van der Waals surface area contributed by atoms with Crippen LogP contribution in [0.1, 0.15) is 42.1 Å². The van der Waals surface area contributed by atoms with Crippen LogP contribution < -0.4 is 0 Å². The summed E-state index contributed by atoms with van der Waals surface area (Å²) in [5, 5.41) is 3.96. The zero-order valence-electron chi connectivity index (χ0n) is 15.5. The van der Waals surface area contributed by atoms with Crippen LogP contribution >= 0.6 is 0 Å². The molecule has 0 bridgehead atoms. The minimum atomic E-state index is -2.62. The van der Waals surface area contributed by atoms with Crippen LogP contribution in [0.2, 0.25) is 0 Å². The van der Waals surface area contributed by atoms with Gasteiger partial charge in [-0.15, -0.1) is 0 Å². The average molecular weight is 392 g/mol. The summed E-state index contributed by atoms with van der Waals surface area (Å²) in [6, 6.07) is 7.88. The first-order chi connectivity index (χ1) is 13.5. The van der Waals surface area contributed by atoms with Gasteiger partial charge in [0, 0.05) is 44.3 Å². The molecule has 4 rings (SSSR count). The molecule has 0 radical (unpaired) electrons. The number of amides is 1. The molecule has 2 heterocycles. The zero-order valence-corrected chi connectivity index (χ0v) is 15.5. The Kier molecular flexibility index (Phi) is 5.39. The van der Waals surface area contributed by atoms with Gasteiger partial charge in [0.15, 0.2) is 0 Å². The van der Waals surface area contributed by atoms with Crippen molar-refractivity contribution in [1.82, 2.24) is 19.6 Å². The number of carbonyl (C=O) groups is 1. The molecular weight excluding hydrogens is 369 g/mol. The van der Waals surface area contributed by atoms with Gasteiger partial charge >= 0.3 is 0 Å². The Hall–Kier alpha value is -2.35. The van der Waals surface area contributed by atoms with E-state index in [4.69, 9.17) is 0 Å². The third-order valence-electron chi connectivity index (χ3n) is 5.38. The molecule has 0 unspecified atom stereocenters. The highest BCUT2D eigenvalue weighted by atomic mass is 19.3. The number of carbonyl (C=O) groups excluding carboxylic acids is 1. The lowest BCUT2D eigenvalue weighted by Gasteiger charge is -2.34. The topological polar surface area (TPSA) is 41.4 Å². The highest BCUT2D eigenvalue weighted by Crippen LogP contribution is 2.41. The molecule has 1 amide bonds. The summed E-state index contributed by atoms with van der Waals surface area (Å²) in [5.74, 6) is -0.0917. The SMILES string of the molecule is O=C(Cn1nc(C(F)F)cc1C1CC1)N1CCN(Cc2ccc(F)cc2)CC1. The van der Waals surface area contributed by atoms with Gasteiger partial charge in [-0.05, 0) is 36.6 Å². The molecule has 1 aromatic carbocycles. The molecule has 1 aliphatic heterocycles. The van der Waals surface area contributed by atoms with Gasteiger partial charge in [0.05, 0.1) is 0 Å². The molecule has 5 nitrogen and oxygen atoms in total. The fourth-order valence-corrected chi connectivity index (χ4v) is 3.62. The third kappa shape index (κ3) is 4.38. The van der Waals surface area contributed by atoms with Crippen LogP contribution in [0.15, 0.2) is 30.3 Å². The maximum Gasteiger partial charge on any atom is 0.282 e. The largest absolute Gasteiger partial charge is 0.339 e. The molecule has 1 aromatic heterocycles. The lowest BCUT2D eigenvalue weighted by Crippen LogP contribution is -2.49. The van der Waals surface area contributed by atoms with E-state index in [-0.39, 0.29) is 29.9 Å². The predicted molar refractivity (Wildman–Crippen MR) is 97.4 cm³/mol.